The Morgan fingerprint density at radius 1 is 1.44 bits per heavy atom. The predicted molar refractivity (Wildman–Crippen MR) is 67.7 cm³/mol. The van der Waals surface area contributed by atoms with E-state index in [4.69, 9.17) is 5.11 Å². The number of benzene rings is 1. The van der Waals surface area contributed by atoms with Gasteiger partial charge in [0, 0.05) is 5.69 Å². The highest BCUT2D eigenvalue weighted by Gasteiger charge is 2.35. The van der Waals surface area contributed by atoms with Gasteiger partial charge in [0.15, 0.2) is 0 Å². The third kappa shape index (κ3) is 2.51. The van der Waals surface area contributed by atoms with Gasteiger partial charge in [-0.2, -0.15) is 0 Å². The zero-order valence-corrected chi connectivity index (χ0v) is 10.2. The van der Waals surface area contributed by atoms with Crippen LogP contribution in [0.2, 0.25) is 0 Å². The number of carboxylic acids is 1. The summed E-state index contributed by atoms with van der Waals surface area (Å²) in [7, 11) is 0. The maximum atomic E-state index is 12.1. The van der Waals surface area contributed by atoms with E-state index in [1.807, 2.05) is 6.92 Å². The molecule has 1 aromatic rings. The molecule has 1 saturated heterocycles. The predicted octanol–water partition coefficient (Wildman–Crippen LogP) is 1.47. The van der Waals surface area contributed by atoms with E-state index in [9.17, 15) is 9.59 Å². The molecule has 3 N–H and O–H groups in total. The first-order chi connectivity index (χ1) is 8.51. The maximum Gasteiger partial charge on any atom is 0.335 e. The summed E-state index contributed by atoms with van der Waals surface area (Å²) in [6.45, 7) is 2.69. The van der Waals surface area contributed by atoms with Crippen molar-refractivity contribution in [2.75, 3.05) is 11.9 Å². The lowest BCUT2D eigenvalue weighted by molar-refractivity contribution is -0.121. The van der Waals surface area contributed by atoms with Gasteiger partial charge in [0.25, 0.3) is 0 Å². The van der Waals surface area contributed by atoms with Crippen LogP contribution in [-0.2, 0) is 4.79 Å². The molecule has 0 aliphatic carbocycles. The van der Waals surface area contributed by atoms with E-state index in [1.165, 1.54) is 12.1 Å². The van der Waals surface area contributed by atoms with Crippen molar-refractivity contribution < 1.29 is 14.7 Å². The van der Waals surface area contributed by atoms with E-state index in [1.54, 1.807) is 12.1 Å². The second-order valence-electron chi connectivity index (χ2n) is 4.70. The summed E-state index contributed by atoms with van der Waals surface area (Å²) < 4.78 is 0. The molecular formula is C13H16N2O3. The van der Waals surface area contributed by atoms with Crippen LogP contribution in [0.15, 0.2) is 24.3 Å². The lowest BCUT2D eigenvalue weighted by atomic mass is 9.99. The van der Waals surface area contributed by atoms with Crippen LogP contribution in [0.4, 0.5) is 5.69 Å². The lowest BCUT2D eigenvalue weighted by Crippen LogP contribution is -2.47. The van der Waals surface area contributed by atoms with Crippen LogP contribution in [0, 0.1) is 0 Å². The number of amides is 1. The third-order valence-corrected chi connectivity index (χ3v) is 3.24. The zero-order chi connectivity index (χ0) is 13.2. The zero-order valence-electron chi connectivity index (χ0n) is 10.2. The summed E-state index contributed by atoms with van der Waals surface area (Å²) in [6.07, 6.45) is 1.76. The van der Waals surface area contributed by atoms with Gasteiger partial charge in [-0.05, 0) is 44.5 Å². The molecule has 1 atom stereocenters. The minimum Gasteiger partial charge on any atom is -0.478 e. The Bertz CT molecular complexity index is 479. The van der Waals surface area contributed by atoms with Crippen LogP contribution >= 0.6 is 0 Å². The SMILES string of the molecule is CC1(C(=O)Nc2cccc(C(=O)O)c2)CCCN1. The normalized spacial score (nSPS) is 22.7. The molecule has 1 unspecified atom stereocenters. The molecule has 1 aliphatic rings. The smallest absolute Gasteiger partial charge is 0.335 e. The lowest BCUT2D eigenvalue weighted by Gasteiger charge is -2.23. The van der Waals surface area contributed by atoms with Gasteiger partial charge >= 0.3 is 5.97 Å². The van der Waals surface area contributed by atoms with Crippen molar-refractivity contribution in [2.45, 2.75) is 25.3 Å². The van der Waals surface area contributed by atoms with Crippen LogP contribution in [0.3, 0.4) is 0 Å². The molecule has 96 valence electrons. The summed E-state index contributed by atoms with van der Waals surface area (Å²) >= 11 is 0. The highest BCUT2D eigenvalue weighted by Crippen LogP contribution is 2.21. The van der Waals surface area contributed by atoms with E-state index < -0.39 is 11.5 Å². The average molecular weight is 248 g/mol. The minimum atomic E-state index is -1.00. The minimum absolute atomic E-state index is 0.123. The van der Waals surface area contributed by atoms with Crippen molar-refractivity contribution in [1.82, 2.24) is 5.32 Å². The van der Waals surface area contributed by atoms with Gasteiger partial charge in [-0.1, -0.05) is 6.07 Å². The van der Waals surface area contributed by atoms with Gasteiger partial charge in [0.05, 0.1) is 11.1 Å². The van der Waals surface area contributed by atoms with Gasteiger partial charge < -0.3 is 15.7 Å². The number of anilines is 1. The highest BCUT2D eigenvalue weighted by molar-refractivity contribution is 5.99. The maximum absolute atomic E-state index is 12.1. The topological polar surface area (TPSA) is 78.4 Å². The fourth-order valence-corrected chi connectivity index (χ4v) is 2.09. The average Bonchev–Trinajstić information content (AvgIpc) is 2.78. The third-order valence-electron chi connectivity index (χ3n) is 3.24. The standard InChI is InChI=1S/C13H16N2O3/c1-13(6-3-7-14-13)12(18)15-10-5-2-4-9(8-10)11(16)17/h2,4-5,8,14H,3,6-7H2,1H3,(H,15,18)(H,16,17). The first kappa shape index (κ1) is 12.6. The Labute approximate surface area is 105 Å². The van der Waals surface area contributed by atoms with Gasteiger partial charge in [0.2, 0.25) is 5.91 Å². The van der Waals surface area contributed by atoms with Crippen molar-refractivity contribution in [3.63, 3.8) is 0 Å². The van der Waals surface area contributed by atoms with E-state index in [0.29, 0.717) is 5.69 Å². The Morgan fingerprint density at radius 2 is 2.22 bits per heavy atom. The number of carbonyl (C=O) groups excluding carboxylic acids is 1. The second kappa shape index (κ2) is 4.78. The summed E-state index contributed by atoms with van der Waals surface area (Å²) in [5.74, 6) is -1.13. The molecule has 5 heteroatoms. The van der Waals surface area contributed by atoms with Gasteiger partial charge in [-0.15, -0.1) is 0 Å². The summed E-state index contributed by atoms with van der Waals surface area (Å²) in [6, 6.07) is 6.25. The van der Waals surface area contributed by atoms with Crippen LogP contribution in [-0.4, -0.2) is 29.1 Å². The van der Waals surface area contributed by atoms with Crippen molar-refractivity contribution in [1.29, 1.82) is 0 Å². The molecule has 0 radical (unpaired) electrons. The molecule has 18 heavy (non-hydrogen) atoms. The Morgan fingerprint density at radius 3 is 2.83 bits per heavy atom. The van der Waals surface area contributed by atoms with Gasteiger partial charge in [-0.3, -0.25) is 4.79 Å². The Kier molecular flexibility index (Phi) is 3.34. The molecule has 0 aromatic heterocycles. The Hall–Kier alpha value is -1.88. The fourth-order valence-electron chi connectivity index (χ4n) is 2.09. The number of aromatic carboxylic acids is 1. The number of hydrogen-bond acceptors (Lipinski definition) is 3. The molecule has 1 aliphatic heterocycles. The summed E-state index contributed by atoms with van der Waals surface area (Å²) in [5.41, 5.74) is 0.117. The summed E-state index contributed by atoms with van der Waals surface area (Å²) in [4.78, 5) is 22.9. The molecule has 5 nitrogen and oxygen atoms in total. The monoisotopic (exact) mass is 248 g/mol. The van der Waals surface area contributed by atoms with Gasteiger partial charge in [-0.25, -0.2) is 4.79 Å². The van der Waals surface area contributed by atoms with Crippen molar-refractivity contribution in [3.8, 4) is 0 Å². The number of carboxylic acid groups (broad SMARTS) is 1. The first-order valence-electron chi connectivity index (χ1n) is 5.91. The Balaban J connectivity index is 2.11. The van der Waals surface area contributed by atoms with E-state index in [-0.39, 0.29) is 11.5 Å². The molecule has 1 aromatic carbocycles. The van der Waals surface area contributed by atoms with E-state index in [0.717, 1.165) is 19.4 Å². The second-order valence-corrected chi connectivity index (χ2v) is 4.70. The molecule has 1 heterocycles. The molecular weight excluding hydrogens is 232 g/mol. The molecule has 2 rings (SSSR count). The molecule has 1 amide bonds. The number of rotatable bonds is 3. The van der Waals surface area contributed by atoms with Crippen molar-refractivity contribution in [3.05, 3.63) is 29.8 Å². The quantitative estimate of drug-likeness (QED) is 0.756. The molecule has 0 bridgehead atoms. The number of nitrogens with one attached hydrogen (secondary N) is 2. The fraction of sp³-hybridized carbons (Fsp3) is 0.385. The summed E-state index contributed by atoms with van der Waals surface area (Å²) in [5, 5.41) is 14.8. The molecule has 0 saturated carbocycles. The van der Waals surface area contributed by atoms with E-state index in [2.05, 4.69) is 10.6 Å². The number of hydrogen-bond donors (Lipinski definition) is 3. The van der Waals surface area contributed by atoms with Crippen molar-refractivity contribution >= 4 is 17.6 Å². The molecule has 1 fully saturated rings. The van der Waals surface area contributed by atoms with Gasteiger partial charge in [0.1, 0.15) is 0 Å². The number of carbonyl (C=O) groups is 2. The van der Waals surface area contributed by atoms with Crippen LogP contribution in [0.1, 0.15) is 30.1 Å². The van der Waals surface area contributed by atoms with E-state index >= 15 is 0 Å². The van der Waals surface area contributed by atoms with Crippen molar-refractivity contribution in [2.24, 2.45) is 0 Å². The van der Waals surface area contributed by atoms with Crippen LogP contribution < -0.4 is 10.6 Å². The van der Waals surface area contributed by atoms with Crippen LogP contribution in [0.25, 0.3) is 0 Å². The first-order valence-corrected chi connectivity index (χ1v) is 5.91. The molecule has 0 spiro atoms. The highest BCUT2D eigenvalue weighted by atomic mass is 16.4. The largest absolute Gasteiger partial charge is 0.478 e. The van der Waals surface area contributed by atoms with Crippen LogP contribution in [0.5, 0.6) is 0 Å².